The molecular weight excluding hydrogens is 206 g/mol. The molecule has 0 radical (unpaired) electrons. The van der Waals surface area contributed by atoms with E-state index in [0.29, 0.717) is 0 Å². The minimum Gasteiger partial charge on any atom is -0.312 e. The van der Waals surface area contributed by atoms with E-state index in [9.17, 15) is 0 Å². The number of hydrogen-bond donors (Lipinski definition) is 1. The third-order valence-corrected chi connectivity index (χ3v) is 3.10. The van der Waals surface area contributed by atoms with Crippen molar-refractivity contribution in [2.24, 2.45) is 0 Å². The van der Waals surface area contributed by atoms with Crippen LogP contribution in [0, 0.1) is 20.8 Å². The number of rotatable bonds is 4. The molecule has 0 fully saturated rings. The van der Waals surface area contributed by atoms with Gasteiger partial charge in [-0.2, -0.15) is 0 Å². The van der Waals surface area contributed by atoms with Gasteiger partial charge in [-0.15, -0.1) is 0 Å². The zero-order chi connectivity index (χ0) is 13.1. The van der Waals surface area contributed by atoms with Gasteiger partial charge in [0.15, 0.2) is 0 Å². The first-order valence-corrected chi connectivity index (χ1v) is 6.61. The zero-order valence-corrected chi connectivity index (χ0v) is 12.3. The Balaban J connectivity index is 2.53. The topological polar surface area (TPSA) is 12.0 Å². The Morgan fingerprint density at radius 3 is 2.00 bits per heavy atom. The molecule has 0 aromatic heterocycles. The van der Waals surface area contributed by atoms with Crippen LogP contribution in [0.15, 0.2) is 12.1 Å². The first kappa shape index (κ1) is 14.2. The van der Waals surface area contributed by atoms with Gasteiger partial charge < -0.3 is 5.32 Å². The minimum absolute atomic E-state index is 0.233. The molecule has 17 heavy (non-hydrogen) atoms. The van der Waals surface area contributed by atoms with Gasteiger partial charge in [0.2, 0.25) is 0 Å². The smallest absolute Gasteiger partial charge is 0.00965 e. The van der Waals surface area contributed by atoms with Crippen molar-refractivity contribution in [2.45, 2.75) is 59.9 Å². The summed E-state index contributed by atoms with van der Waals surface area (Å²) in [4.78, 5) is 0. The van der Waals surface area contributed by atoms with Crippen molar-refractivity contribution in [3.63, 3.8) is 0 Å². The second-order valence-corrected chi connectivity index (χ2v) is 6.16. The van der Waals surface area contributed by atoms with Gasteiger partial charge in [0.1, 0.15) is 0 Å². The molecule has 0 heterocycles. The Hall–Kier alpha value is -0.820. The second kappa shape index (κ2) is 5.68. The van der Waals surface area contributed by atoms with E-state index in [-0.39, 0.29) is 5.54 Å². The Morgan fingerprint density at radius 2 is 1.53 bits per heavy atom. The van der Waals surface area contributed by atoms with Crippen molar-refractivity contribution < 1.29 is 0 Å². The largest absolute Gasteiger partial charge is 0.312 e. The van der Waals surface area contributed by atoms with Crippen molar-refractivity contribution >= 4 is 0 Å². The molecule has 0 aliphatic heterocycles. The molecule has 1 heteroatoms. The predicted octanol–water partition coefficient (Wildman–Crippen LogP) is 3.93. The van der Waals surface area contributed by atoms with Crippen molar-refractivity contribution in [2.75, 3.05) is 6.54 Å². The molecule has 96 valence electrons. The maximum Gasteiger partial charge on any atom is 0.00965 e. The van der Waals surface area contributed by atoms with Crippen LogP contribution in [0.1, 0.15) is 49.4 Å². The fraction of sp³-hybridized carbons (Fsp3) is 0.625. The van der Waals surface area contributed by atoms with Crippen molar-refractivity contribution in [3.05, 3.63) is 34.4 Å². The molecular formula is C16H27N. The standard InChI is InChI=1S/C16H27N/c1-12-10-13(2)15(14(3)11-12)8-7-9-17-16(4,5)6/h10-11,17H,7-9H2,1-6H3. The Labute approximate surface area is 107 Å². The van der Waals surface area contributed by atoms with Crippen LogP contribution >= 0.6 is 0 Å². The summed E-state index contributed by atoms with van der Waals surface area (Å²) < 4.78 is 0. The monoisotopic (exact) mass is 233 g/mol. The average molecular weight is 233 g/mol. The molecule has 0 bridgehead atoms. The second-order valence-electron chi connectivity index (χ2n) is 6.16. The zero-order valence-electron chi connectivity index (χ0n) is 12.3. The first-order valence-electron chi connectivity index (χ1n) is 6.61. The van der Waals surface area contributed by atoms with Crippen LogP contribution in [-0.4, -0.2) is 12.1 Å². The average Bonchev–Trinajstić information content (AvgIpc) is 2.13. The van der Waals surface area contributed by atoms with Gasteiger partial charge >= 0.3 is 0 Å². The Morgan fingerprint density at radius 1 is 1.00 bits per heavy atom. The lowest BCUT2D eigenvalue weighted by molar-refractivity contribution is 0.422. The van der Waals surface area contributed by atoms with E-state index in [1.807, 2.05) is 0 Å². The summed E-state index contributed by atoms with van der Waals surface area (Å²) in [5.74, 6) is 0. The highest BCUT2D eigenvalue weighted by Crippen LogP contribution is 2.17. The van der Waals surface area contributed by atoms with Crippen LogP contribution in [0.3, 0.4) is 0 Å². The van der Waals surface area contributed by atoms with Gasteiger partial charge in [0.05, 0.1) is 0 Å². The highest BCUT2D eigenvalue weighted by atomic mass is 14.9. The van der Waals surface area contributed by atoms with Gasteiger partial charge in [-0.1, -0.05) is 17.7 Å². The molecule has 0 aliphatic rings. The fourth-order valence-corrected chi connectivity index (χ4v) is 2.33. The molecule has 0 atom stereocenters. The Bertz CT molecular complexity index is 349. The summed E-state index contributed by atoms with van der Waals surface area (Å²) in [7, 11) is 0. The highest BCUT2D eigenvalue weighted by Gasteiger charge is 2.08. The quantitative estimate of drug-likeness (QED) is 0.777. The molecule has 0 unspecified atom stereocenters. The number of benzene rings is 1. The normalized spacial score (nSPS) is 11.9. The van der Waals surface area contributed by atoms with E-state index in [1.165, 1.54) is 35.1 Å². The number of hydrogen-bond acceptors (Lipinski definition) is 1. The van der Waals surface area contributed by atoms with Gasteiger partial charge in [-0.25, -0.2) is 0 Å². The number of aryl methyl sites for hydroxylation is 3. The van der Waals surface area contributed by atoms with Gasteiger partial charge in [-0.05, 0) is 77.6 Å². The predicted molar refractivity (Wildman–Crippen MR) is 76.7 cm³/mol. The molecule has 0 aliphatic carbocycles. The van der Waals surface area contributed by atoms with E-state index in [4.69, 9.17) is 0 Å². The maximum absolute atomic E-state index is 3.54. The van der Waals surface area contributed by atoms with E-state index >= 15 is 0 Å². The molecule has 1 nitrogen and oxygen atoms in total. The summed E-state index contributed by atoms with van der Waals surface area (Å²) in [5.41, 5.74) is 6.02. The number of nitrogens with one attached hydrogen (secondary N) is 1. The van der Waals surface area contributed by atoms with Crippen molar-refractivity contribution in [3.8, 4) is 0 Å². The maximum atomic E-state index is 3.54. The lowest BCUT2D eigenvalue weighted by atomic mass is 9.96. The molecule has 1 aromatic rings. The van der Waals surface area contributed by atoms with Gasteiger partial charge in [-0.3, -0.25) is 0 Å². The molecule has 1 aromatic carbocycles. The molecule has 1 N–H and O–H groups in total. The molecule has 0 saturated heterocycles. The summed E-state index contributed by atoms with van der Waals surface area (Å²) in [6.07, 6.45) is 2.39. The van der Waals surface area contributed by atoms with Crippen LogP contribution in [0.4, 0.5) is 0 Å². The minimum atomic E-state index is 0.233. The van der Waals surface area contributed by atoms with E-state index < -0.39 is 0 Å². The van der Waals surface area contributed by atoms with E-state index in [1.54, 1.807) is 0 Å². The van der Waals surface area contributed by atoms with Gasteiger partial charge in [0.25, 0.3) is 0 Å². The molecule has 0 amide bonds. The lowest BCUT2D eigenvalue weighted by Crippen LogP contribution is -2.36. The molecule has 1 rings (SSSR count). The third kappa shape index (κ3) is 4.91. The Kier molecular flexibility index (Phi) is 4.76. The molecule has 0 spiro atoms. The van der Waals surface area contributed by atoms with Crippen LogP contribution in [0.25, 0.3) is 0 Å². The van der Waals surface area contributed by atoms with Crippen LogP contribution in [0.5, 0.6) is 0 Å². The summed E-state index contributed by atoms with van der Waals surface area (Å²) in [6, 6.07) is 4.58. The fourth-order valence-electron chi connectivity index (χ4n) is 2.33. The van der Waals surface area contributed by atoms with Crippen LogP contribution < -0.4 is 5.32 Å². The highest BCUT2D eigenvalue weighted by molar-refractivity contribution is 5.37. The van der Waals surface area contributed by atoms with Crippen LogP contribution in [-0.2, 0) is 6.42 Å². The first-order chi connectivity index (χ1) is 7.79. The van der Waals surface area contributed by atoms with Crippen LogP contribution in [0.2, 0.25) is 0 Å². The summed E-state index contributed by atoms with van der Waals surface area (Å²) >= 11 is 0. The van der Waals surface area contributed by atoms with Crippen molar-refractivity contribution in [1.82, 2.24) is 5.32 Å². The van der Waals surface area contributed by atoms with E-state index in [2.05, 4.69) is 59.0 Å². The SMILES string of the molecule is Cc1cc(C)c(CCCNC(C)(C)C)c(C)c1. The molecule has 0 saturated carbocycles. The third-order valence-electron chi connectivity index (χ3n) is 3.10. The summed E-state index contributed by atoms with van der Waals surface area (Å²) in [5, 5.41) is 3.54. The lowest BCUT2D eigenvalue weighted by Gasteiger charge is -2.20. The van der Waals surface area contributed by atoms with Crippen molar-refractivity contribution in [1.29, 1.82) is 0 Å². The summed E-state index contributed by atoms with van der Waals surface area (Å²) in [6.45, 7) is 14.4. The van der Waals surface area contributed by atoms with Gasteiger partial charge in [0, 0.05) is 5.54 Å². The van der Waals surface area contributed by atoms with E-state index in [0.717, 1.165) is 6.54 Å².